The van der Waals surface area contributed by atoms with E-state index in [0.29, 0.717) is 6.61 Å². The fourth-order valence-electron chi connectivity index (χ4n) is 3.85. The molecule has 124 valence electrons. The van der Waals surface area contributed by atoms with Gasteiger partial charge in [-0.15, -0.1) is 0 Å². The SMILES string of the molecule is COCOC[C@@]1(CO)CCC[C@]1(C)c1cc(C)ccc1OC. The van der Waals surface area contributed by atoms with Gasteiger partial charge in [0.25, 0.3) is 0 Å². The van der Waals surface area contributed by atoms with Gasteiger partial charge < -0.3 is 19.3 Å². The Morgan fingerprint density at radius 3 is 2.64 bits per heavy atom. The predicted molar refractivity (Wildman–Crippen MR) is 86.3 cm³/mol. The third kappa shape index (κ3) is 2.87. The summed E-state index contributed by atoms with van der Waals surface area (Å²) in [4.78, 5) is 0. The quantitative estimate of drug-likeness (QED) is 0.621. The molecule has 0 spiro atoms. The fourth-order valence-corrected chi connectivity index (χ4v) is 3.85. The van der Waals surface area contributed by atoms with Crippen LogP contribution in [0.4, 0.5) is 0 Å². The lowest BCUT2D eigenvalue weighted by atomic mass is 9.63. The summed E-state index contributed by atoms with van der Waals surface area (Å²) in [6, 6.07) is 6.26. The zero-order chi connectivity index (χ0) is 16.2. The summed E-state index contributed by atoms with van der Waals surface area (Å²) in [6.45, 7) is 5.16. The normalized spacial score (nSPS) is 28.0. The number of aryl methyl sites for hydroxylation is 1. The minimum absolute atomic E-state index is 0.101. The monoisotopic (exact) mass is 308 g/mol. The molecular weight excluding hydrogens is 280 g/mol. The molecule has 1 aromatic rings. The van der Waals surface area contributed by atoms with Crippen LogP contribution >= 0.6 is 0 Å². The molecule has 1 N–H and O–H groups in total. The summed E-state index contributed by atoms with van der Waals surface area (Å²) < 4.78 is 16.3. The third-order valence-electron chi connectivity index (χ3n) is 5.33. The van der Waals surface area contributed by atoms with E-state index in [-0.39, 0.29) is 24.2 Å². The van der Waals surface area contributed by atoms with E-state index < -0.39 is 0 Å². The molecule has 1 aliphatic rings. The Hall–Kier alpha value is -1.10. The summed E-state index contributed by atoms with van der Waals surface area (Å²) in [5, 5.41) is 10.2. The first-order valence-electron chi connectivity index (χ1n) is 7.86. The van der Waals surface area contributed by atoms with Gasteiger partial charge in [-0.25, -0.2) is 0 Å². The van der Waals surface area contributed by atoms with E-state index in [4.69, 9.17) is 14.2 Å². The topological polar surface area (TPSA) is 47.9 Å². The Balaban J connectivity index is 2.43. The predicted octanol–water partition coefficient (Wildman–Crippen LogP) is 3.04. The second-order valence-electron chi connectivity index (χ2n) is 6.58. The Morgan fingerprint density at radius 1 is 1.23 bits per heavy atom. The van der Waals surface area contributed by atoms with Crippen molar-refractivity contribution in [1.29, 1.82) is 0 Å². The summed E-state index contributed by atoms with van der Waals surface area (Å²) in [6.07, 6.45) is 3.04. The van der Waals surface area contributed by atoms with Crippen LogP contribution in [0.1, 0.15) is 37.3 Å². The van der Waals surface area contributed by atoms with Gasteiger partial charge in [-0.05, 0) is 25.8 Å². The molecule has 0 bridgehead atoms. The molecule has 1 saturated carbocycles. The molecule has 2 atom stereocenters. The van der Waals surface area contributed by atoms with E-state index in [1.165, 1.54) is 11.1 Å². The van der Waals surface area contributed by atoms with Crippen LogP contribution in [0.15, 0.2) is 18.2 Å². The van der Waals surface area contributed by atoms with E-state index >= 15 is 0 Å². The van der Waals surface area contributed by atoms with Gasteiger partial charge in [-0.2, -0.15) is 0 Å². The van der Waals surface area contributed by atoms with Crippen LogP contribution in [-0.2, 0) is 14.9 Å². The Kier molecular flexibility index (Phi) is 5.48. The summed E-state index contributed by atoms with van der Waals surface area (Å²) in [5.74, 6) is 0.888. The summed E-state index contributed by atoms with van der Waals surface area (Å²) in [5.41, 5.74) is 1.90. The maximum absolute atomic E-state index is 10.2. The minimum atomic E-state index is -0.299. The second kappa shape index (κ2) is 6.99. The first-order valence-corrected chi connectivity index (χ1v) is 7.86. The Morgan fingerprint density at radius 2 is 2.00 bits per heavy atom. The number of hydrogen-bond acceptors (Lipinski definition) is 4. The number of rotatable bonds is 7. The number of benzene rings is 1. The molecule has 0 aliphatic heterocycles. The summed E-state index contributed by atoms with van der Waals surface area (Å²) in [7, 11) is 3.32. The van der Waals surface area contributed by atoms with Crippen LogP contribution < -0.4 is 4.74 Å². The van der Waals surface area contributed by atoms with E-state index in [2.05, 4.69) is 26.0 Å². The number of aliphatic hydroxyl groups excluding tert-OH is 1. The number of aliphatic hydroxyl groups is 1. The highest BCUT2D eigenvalue weighted by Crippen LogP contribution is 2.56. The molecule has 4 nitrogen and oxygen atoms in total. The number of hydrogen-bond donors (Lipinski definition) is 1. The molecule has 0 unspecified atom stereocenters. The van der Waals surface area contributed by atoms with Crippen LogP contribution in [0.2, 0.25) is 0 Å². The van der Waals surface area contributed by atoms with Crippen LogP contribution in [0.3, 0.4) is 0 Å². The molecule has 0 aromatic heterocycles. The zero-order valence-electron chi connectivity index (χ0n) is 14.1. The van der Waals surface area contributed by atoms with Gasteiger partial charge in [-0.1, -0.05) is 31.0 Å². The lowest BCUT2D eigenvalue weighted by Crippen LogP contribution is -2.45. The lowest BCUT2D eigenvalue weighted by Gasteiger charge is -2.43. The highest BCUT2D eigenvalue weighted by Gasteiger charge is 2.53. The van der Waals surface area contributed by atoms with E-state index in [9.17, 15) is 5.11 Å². The molecule has 1 fully saturated rings. The number of methoxy groups -OCH3 is 2. The highest BCUT2D eigenvalue weighted by molar-refractivity contribution is 5.44. The lowest BCUT2D eigenvalue weighted by molar-refractivity contribution is -0.0916. The van der Waals surface area contributed by atoms with Gasteiger partial charge in [0.2, 0.25) is 0 Å². The molecule has 2 rings (SSSR count). The van der Waals surface area contributed by atoms with Crippen molar-refractivity contribution in [3.63, 3.8) is 0 Å². The molecule has 0 amide bonds. The summed E-state index contributed by atoms with van der Waals surface area (Å²) >= 11 is 0. The van der Waals surface area contributed by atoms with E-state index in [1.807, 2.05) is 6.07 Å². The van der Waals surface area contributed by atoms with Gasteiger partial charge in [0.05, 0.1) is 20.3 Å². The molecule has 1 aromatic carbocycles. The molecular formula is C18H28O4. The minimum Gasteiger partial charge on any atom is -0.496 e. The van der Waals surface area contributed by atoms with Crippen LogP contribution in [0.25, 0.3) is 0 Å². The molecule has 22 heavy (non-hydrogen) atoms. The van der Waals surface area contributed by atoms with Gasteiger partial charge in [-0.3, -0.25) is 0 Å². The molecule has 0 heterocycles. The molecule has 4 heteroatoms. The molecule has 0 radical (unpaired) electrons. The smallest absolute Gasteiger partial charge is 0.146 e. The molecule has 1 aliphatic carbocycles. The second-order valence-corrected chi connectivity index (χ2v) is 6.58. The highest BCUT2D eigenvalue weighted by atomic mass is 16.7. The molecule has 0 saturated heterocycles. The van der Waals surface area contributed by atoms with Gasteiger partial charge >= 0.3 is 0 Å². The average Bonchev–Trinajstić information content (AvgIpc) is 2.86. The van der Waals surface area contributed by atoms with Gasteiger partial charge in [0.15, 0.2) is 0 Å². The van der Waals surface area contributed by atoms with Gasteiger partial charge in [0, 0.05) is 23.5 Å². The van der Waals surface area contributed by atoms with Crippen molar-refractivity contribution < 1.29 is 19.3 Å². The van der Waals surface area contributed by atoms with Crippen molar-refractivity contribution in [1.82, 2.24) is 0 Å². The van der Waals surface area contributed by atoms with Crippen molar-refractivity contribution >= 4 is 0 Å². The Labute approximate surface area is 133 Å². The number of ether oxygens (including phenoxy) is 3. The van der Waals surface area contributed by atoms with Crippen molar-refractivity contribution in [3.8, 4) is 5.75 Å². The fraction of sp³-hybridized carbons (Fsp3) is 0.667. The third-order valence-corrected chi connectivity index (χ3v) is 5.33. The first-order chi connectivity index (χ1) is 10.5. The van der Waals surface area contributed by atoms with Crippen molar-refractivity contribution in [2.75, 3.05) is 34.2 Å². The van der Waals surface area contributed by atoms with E-state index in [1.54, 1.807) is 14.2 Å². The van der Waals surface area contributed by atoms with Crippen LogP contribution in [0, 0.1) is 12.3 Å². The van der Waals surface area contributed by atoms with Crippen molar-refractivity contribution in [3.05, 3.63) is 29.3 Å². The van der Waals surface area contributed by atoms with E-state index in [0.717, 1.165) is 25.0 Å². The first kappa shape index (κ1) is 17.3. The standard InChI is InChI=1S/C18H28O4/c1-14-6-7-16(21-4)15(10-14)17(2)8-5-9-18(17,11-19)12-22-13-20-3/h6-7,10,19H,5,8-9,11-13H2,1-4H3/t17-,18+/m1/s1. The largest absolute Gasteiger partial charge is 0.496 e. The van der Waals surface area contributed by atoms with Gasteiger partial charge in [0.1, 0.15) is 12.5 Å². The van der Waals surface area contributed by atoms with Crippen LogP contribution in [-0.4, -0.2) is 39.3 Å². The zero-order valence-corrected chi connectivity index (χ0v) is 14.1. The van der Waals surface area contributed by atoms with Crippen LogP contribution in [0.5, 0.6) is 5.75 Å². The maximum Gasteiger partial charge on any atom is 0.146 e. The maximum atomic E-state index is 10.2. The van der Waals surface area contributed by atoms with Crippen molar-refractivity contribution in [2.45, 2.75) is 38.5 Å². The van der Waals surface area contributed by atoms with Crippen molar-refractivity contribution in [2.24, 2.45) is 5.41 Å². The Bertz CT molecular complexity index is 502. The average molecular weight is 308 g/mol.